The van der Waals surface area contributed by atoms with E-state index in [1.54, 1.807) is 72.8 Å². The number of benzene rings is 3. The SMILES string of the molecule is COC(=O)c1c(CS(=O)c2ccccc2)n(S(=O)(=O)c2ccccc2)c2ccccc12. The fraction of sp³-hybridized carbons (Fsp3) is 0.0870. The van der Waals surface area contributed by atoms with Gasteiger partial charge in [-0.25, -0.2) is 17.2 Å². The van der Waals surface area contributed by atoms with Crippen LogP contribution in [0.2, 0.25) is 0 Å². The maximum absolute atomic E-state index is 13.6. The van der Waals surface area contributed by atoms with Crippen molar-refractivity contribution >= 4 is 37.7 Å². The maximum atomic E-state index is 13.6. The van der Waals surface area contributed by atoms with Gasteiger partial charge in [0.25, 0.3) is 10.0 Å². The molecular weight excluding hydrogens is 434 g/mol. The van der Waals surface area contributed by atoms with Crippen LogP contribution in [0.1, 0.15) is 16.1 Å². The minimum absolute atomic E-state index is 0.0684. The lowest BCUT2D eigenvalue weighted by Gasteiger charge is -2.13. The number of fused-ring (bicyclic) bond motifs is 1. The number of ether oxygens (including phenoxy) is 1. The van der Waals surface area contributed by atoms with E-state index in [9.17, 15) is 17.4 Å². The summed E-state index contributed by atoms with van der Waals surface area (Å²) in [7, 11) is -4.42. The highest BCUT2D eigenvalue weighted by Crippen LogP contribution is 2.32. The molecule has 0 aliphatic heterocycles. The van der Waals surface area contributed by atoms with Crippen molar-refractivity contribution in [2.45, 2.75) is 15.5 Å². The van der Waals surface area contributed by atoms with Crippen LogP contribution < -0.4 is 0 Å². The van der Waals surface area contributed by atoms with Gasteiger partial charge in [0.15, 0.2) is 0 Å². The Morgan fingerprint density at radius 2 is 1.48 bits per heavy atom. The van der Waals surface area contributed by atoms with Gasteiger partial charge in [-0.1, -0.05) is 54.6 Å². The second kappa shape index (κ2) is 8.49. The number of hydrogen-bond donors (Lipinski definition) is 0. The van der Waals surface area contributed by atoms with Crippen molar-refractivity contribution in [3.05, 3.63) is 96.2 Å². The summed E-state index contributed by atoms with van der Waals surface area (Å²) >= 11 is 0. The summed E-state index contributed by atoms with van der Waals surface area (Å²) in [4.78, 5) is 13.3. The van der Waals surface area contributed by atoms with Crippen LogP contribution in [0.25, 0.3) is 10.9 Å². The average molecular weight is 454 g/mol. The number of methoxy groups -OCH3 is 1. The Bertz CT molecular complexity index is 1380. The van der Waals surface area contributed by atoms with Gasteiger partial charge < -0.3 is 4.74 Å². The van der Waals surface area contributed by atoms with Crippen molar-refractivity contribution in [1.29, 1.82) is 0 Å². The molecule has 1 heterocycles. The average Bonchev–Trinajstić information content (AvgIpc) is 3.14. The maximum Gasteiger partial charge on any atom is 0.340 e. The first-order chi connectivity index (χ1) is 14.9. The van der Waals surface area contributed by atoms with Crippen LogP contribution in [0.5, 0.6) is 0 Å². The zero-order chi connectivity index (χ0) is 22.0. The van der Waals surface area contributed by atoms with Gasteiger partial charge >= 0.3 is 5.97 Å². The molecule has 1 aromatic heterocycles. The lowest BCUT2D eigenvalue weighted by atomic mass is 10.1. The molecule has 0 spiro atoms. The summed E-state index contributed by atoms with van der Waals surface area (Å²) in [5.74, 6) is -0.854. The summed E-state index contributed by atoms with van der Waals surface area (Å²) in [6, 6.07) is 23.3. The highest BCUT2D eigenvalue weighted by atomic mass is 32.2. The number of nitrogens with zero attached hydrogens (tertiary/aromatic N) is 1. The van der Waals surface area contributed by atoms with Crippen molar-refractivity contribution in [3.63, 3.8) is 0 Å². The van der Waals surface area contributed by atoms with Gasteiger partial charge in [-0.2, -0.15) is 0 Å². The molecule has 1 atom stereocenters. The number of hydrogen-bond acceptors (Lipinski definition) is 5. The van der Waals surface area contributed by atoms with E-state index in [1.165, 1.54) is 19.2 Å². The predicted molar refractivity (Wildman–Crippen MR) is 119 cm³/mol. The van der Waals surface area contributed by atoms with E-state index in [0.29, 0.717) is 15.8 Å². The number of para-hydroxylation sites is 1. The molecule has 0 radical (unpaired) electrons. The van der Waals surface area contributed by atoms with Crippen LogP contribution in [0.15, 0.2) is 94.7 Å². The molecule has 0 saturated carbocycles. The van der Waals surface area contributed by atoms with Gasteiger partial charge in [0.1, 0.15) is 0 Å². The molecule has 8 heteroatoms. The van der Waals surface area contributed by atoms with Crippen LogP contribution in [0.3, 0.4) is 0 Å². The van der Waals surface area contributed by atoms with E-state index in [0.717, 1.165) is 3.97 Å². The van der Waals surface area contributed by atoms with Gasteiger partial charge in [-0.15, -0.1) is 0 Å². The van der Waals surface area contributed by atoms with E-state index in [1.807, 2.05) is 0 Å². The fourth-order valence-corrected chi connectivity index (χ4v) is 6.28. The third kappa shape index (κ3) is 3.80. The Morgan fingerprint density at radius 3 is 2.13 bits per heavy atom. The minimum atomic E-state index is -4.07. The first-order valence-electron chi connectivity index (χ1n) is 9.40. The summed E-state index contributed by atoms with van der Waals surface area (Å²) in [6.07, 6.45) is 0. The smallest absolute Gasteiger partial charge is 0.340 e. The van der Waals surface area contributed by atoms with Crippen LogP contribution in [0, 0.1) is 0 Å². The summed E-state index contributed by atoms with van der Waals surface area (Å²) in [6.45, 7) is 0. The van der Waals surface area contributed by atoms with Gasteiger partial charge in [0, 0.05) is 10.3 Å². The van der Waals surface area contributed by atoms with E-state index < -0.39 is 26.8 Å². The number of carbonyl (C=O) groups is 1. The number of rotatable bonds is 6. The zero-order valence-corrected chi connectivity index (χ0v) is 18.2. The van der Waals surface area contributed by atoms with E-state index in [4.69, 9.17) is 4.74 Å². The molecule has 3 aromatic carbocycles. The monoisotopic (exact) mass is 453 g/mol. The summed E-state index contributed by atoms with van der Waals surface area (Å²) in [5.41, 5.74) is 0.549. The highest BCUT2D eigenvalue weighted by molar-refractivity contribution is 7.90. The second-order valence-corrected chi connectivity index (χ2v) is 9.95. The standard InChI is InChI=1S/C23H19NO5S2/c1-29-23(25)22-19-14-8-9-15-20(19)24(31(27,28)18-12-6-3-7-13-18)21(22)16-30(26)17-10-4-2-5-11-17/h2-15H,16H2,1H3. The van der Waals surface area contributed by atoms with Gasteiger partial charge in [0.2, 0.25) is 0 Å². The lowest BCUT2D eigenvalue weighted by Crippen LogP contribution is -2.18. The van der Waals surface area contributed by atoms with Crippen LogP contribution >= 0.6 is 0 Å². The van der Waals surface area contributed by atoms with Crippen LogP contribution in [0.4, 0.5) is 0 Å². The molecule has 4 rings (SSSR count). The molecule has 0 aliphatic carbocycles. The Morgan fingerprint density at radius 1 is 0.903 bits per heavy atom. The van der Waals surface area contributed by atoms with Crippen molar-refractivity contribution in [1.82, 2.24) is 3.97 Å². The third-order valence-electron chi connectivity index (χ3n) is 4.87. The summed E-state index contributed by atoms with van der Waals surface area (Å²) < 4.78 is 46.4. The van der Waals surface area contributed by atoms with Crippen LogP contribution in [-0.4, -0.2) is 29.7 Å². The molecule has 0 N–H and O–H groups in total. The Labute approximate surface area is 182 Å². The largest absolute Gasteiger partial charge is 0.465 e. The molecule has 0 aliphatic rings. The molecule has 31 heavy (non-hydrogen) atoms. The second-order valence-electron chi connectivity index (χ2n) is 6.72. The fourth-order valence-electron chi connectivity index (χ4n) is 3.48. The quantitative estimate of drug-likeness (QED) is 0.413. The lowest BCUT2D eigenvalue weighted by molar-refractivity contribution is 0.0602. The van der Waals surface area contributed by atoms with Gasteiger partial charge in [-0.3, -0.25) is 4.21 Å². The van der Waals surface area contributed by atoms with Crippen molar-refractivity contribution in [2.24, 2.45) is 0 Å². The third-order valence-corrected chi connectivity index (χ3v) is 7.97. The number of aromatic nitrogens is 1. The van der Waals surface area contributed by atoms with Gasteiger partial charge in [-0.05, 0) is 30.3 Å². The first kappa shape index (κ1) is 21.0. The Kier molecular flexibility index (Phi) is 5.75. The molecule has 0 fully saturated rings. The highest BCUT2D eigenvalue weighted by Gasteiger charge is 2.31. The minimum Gasteiger partial charge on any atom is -0.465 e. The summed E-state index contributed by atoms with van der Waals surface area (Å²) in [5, 5.41) is 0.425. The van der Waals surface area contributed by atoms with Gasteiger partial charge in [0.05, 0.1) is 45.3 Å². The van der Waals surface area contributed by atoms with E-state index in [2.05, 4.69) is 0 Å². The topological polar surface area (TPSA) is 82.4 Å². The molecule has 1 unspecified atom stereocenters. The molecule has 6 nitrogen and oxygen atoms in total. The van der Waals surface area contributed by atoms with E-state index >= 15 is 0 Å². The molecular formula is C23H19NO5S2. The number of carbonyl (C=O) groups excluding carboxylic acids is 1. The molecule has 0 saturated heterocycles. The van der Waals surface area contributed by atoms with Crippen LogP contribution in [-0.2, 0) is 31.3 Å². The predicted octanol–water partition coefficient (Wildman–Crippen LogP) is 3.97. The Balaban J connectivity index is 2.02. The van der Waals surface area contributed by atoms with Crippen molar-refractivity contribution in [2.75, 3.05) is 7.11 Å². The normalized spacial score (nSPS) is 12.5. The zero-order valence-electron chi connectivity index (χ0n) is 16.6. The van der Waals surface area contributed by atoms with Crippen molar-refractivity contribution in [3.8, 4) is 0 Å². The van der Waals surface area contributed by atoms with E-state index in [-0.39, 0.29) is 21.9 Å². The first-order valence-corrected chi connectivity index (χ1v) is 12.2. The number of esters is 1. The Hall–Kier alpha value is -3.23. The van der Waals surface area contributed by atoms with Crippen molar-refractivity contribution < 1.29 is 22.2 Å². The molecule has 4 aromatic rings. The molecule has 0 bridgehead atoms. The molecule has 158 valence electrons. The molecule has 0 amide bonds.